The van der Waals surface area contributed by atoms with Gasteiger partial charge in [-0.3, -0.25) is 9.80 Å². The van der Waals surface area contributed by atoms with Crippen LogP contribution in [0.2, 0.25) is 0 Å². The molecule has 0 unspecified atom stereocenters. The summed E-state index contributed by atoms with van der Waals surface area (Å²) >= 11 is 0. The van der Waals surface area contributed by atoms with Crippen molar-refractivity contribution < 1.29 is 9.47 Å². The molecule has 2 aliphatic rings. The zero-order chi connectivity index (χ0) is 21.8. The van der Waals surface area contributed by atoms with E-state index in [0.717, 1.165) is 82.3 Å². The summed E-state index contributed by atoms with van der Waals surface area (Å²) in [6, 6.07) is 13.0. The number of anilines is 2. The first-order valence-electron chi connectivity index (χ1n) is 11.4. The third kappa shape index (κ3) is 5.42. The number of hydrogen-bond acceptors (Lipinski definition) is 7. The monoisotopic (exact) mass is 433 g/mol. The van der Waals surface area contributed by atoms with Gasteiger partial charge in [0.05, 0.1) is 31.9 Å². The molecule has 2 aliphatic heterocycles. The number of hydrogen-bond donors (Lipinski definition) is 1. The Morgan fingerprint density at radius 3 is 2.09 bits per heavy atom. The van der Waals surface area contributed by atoms with E-state index in [1.165, 1.54) is 16.7 Å². The lowest BCUT2D eigenvalue weighted by molar-refractivity contribution is 0.0334. The number of nitrogens with one attached hydrogen (secondary N) is 1. The molecule has 2 saturated heterocycles. The standard InChI is InChI=1S/C25H31N5O2/c1-19-2-3-24-22(12-19)16-26-25(28-24)27-23-14-20(17-29-4-8-31-9-5-29)13-21(15-23)18-30-6-10-32-11-7-30/h2-3,12-16H,4-11,17-18H2,1H3,(H,26,27,28). The van der Waals surface area contributed by atoms with Crippen LogP contribution in [0.25, 0.3) is 10.9 Å². The van der Waals surface area contributed by atoms with Gasteiger partial charge in [0, 0.05) is 56.5 Å². The minimum atomic E-state index is 0.627. The van der Waals surface area contributed by atoms with Crippen molar-refractivity contribution in [3.05, 3.63) is 59.3 Å². The highest BCUT2D eigenvalue weighted by molar-refractivity contribution is 5.79. The van der Waals surface area contributed by atoms with E-state index in [0.29, 0.717) is 5.95 Å². The molecule has 1 aromatic heterocycles. The fraction of sp³-hybridized carbons (Fsp3) is 0.440. The molecule has 7 nitrogen and oxygen atoms in total. The van der Waals surface area contributed by atoms with E-state index in [1.807, 2.05) is 6.20 Å². The predicted molar refractivity (Wildman–Crippen MR) is 126 cm³/mol. The predicted octanol–water partition coefficient (Wildman–Crippen LogP) is 3.35. The summed E-state index contributed by atoms with van der Waals surface area (Å²) < 4.78 is 11.0. The van der Waals surface area contributed by atoms with Gasteiger partial charge in [-0.25, -0.2) is 9.97 Å². The second kappa shape index (κ2) is 9.92. The number of ether oxygens (including phenoxy) is 2. The molecule has 7 heteroatoms. The average molecular weight is 434 g/mol. The Balaban J connectivity index is 1.39. The normalized spacial score (nSPS) is 18.2. The topological polar surface area (TPSA) is 62.8 Å². The van der Waals surface area contributed by atoms with Crippen LogP contribution in [0, 0.1) is 6.92 Å². The van der Waals surface area contributed by atoms with Crippen LogP contribution in [0.1, 0.15) is 16.7 Å². The maximum atomic E-state index is 5.52. The summed E-state index contributed by atoms with van der Waals surface area (Å²) in [5.74, 6) is 0.627. The minimum Gasteiger partial charge on any atom is -0.379 e. The summed E-state index contributed by atoms with van der Waals surface area (Å²) in [5.41, 5.74) is 5.80. The highest BCUT2D eigenvalue weighted by atomic mass is 16.5. The molecule has 2 fully saturated rings. The fourth-order valence-corrected chi connectivity index (χ4v) is 4.39. The van der Waals surface area contributed by atoms with Crippen molar-refractivity contribution in [2.45, 2.75) is 20.0 Å². The fourth-order valence-electron chi connectivity index (χ4n) is 4.39. The number of rotatable bonds is 6. The van der Waals surface area contributed by atoms with Crippen molar-refractivity contribution in [2.24, 2.45) is 0 Å². The smallest absolute Gasteiger partial charge is 0.227 e. The van der Waals surface area contributed by atoms with Gasteiger partial charge in [-0.05, 0) is 42.3 Å². The third-order valence-electron chi connectivity index (χ3n) is 6.06. The molecule has 0 bridgehead atoms. The molecule has 168 valence electrons. The number of aromatic nitrogens is 2. The molecule has 0 radical (unpaired) electrons. The lowest BCUT2D eigenvalue weighted by Gasteiger charge is -2.28. The number of morpholine rings is 2. The molecule has 0 spiro atoms. The van der Waals surface area contributed by atoms with Crippen LogP contribution >= 0.6 is 0 Å². The van der Waals surface area contributed by atoms with Gasteiger partial charge >= 0.3 is 0 Å². The van der Waals surface area contributed by atoms with Crippen LogP contribution in [0.4, 0.5) is 11.6 Å². The zero-order valence-electron chi connectivity index (χ0n) is 18.7. The molecule has 32 heavy (non-hydrogen) atoms. The van der Waals surface area contributed by atoms with Gasteiger partial charge in [-0.1, -0.05) is 17.7 Å². The summed E-state index contributed by atoms with van der Waals surface area (Å²) in [6.07, 6.45) is 1.89. The van der Waals surface area contributed by atoms with Crippen molar-refractivity contribution in [3.63, 3.8) is 0 Å². The summed E-state index contributed by atoms with van der Waals surface area (Å²) in [5, 5.41) is 4.52. The molecule has 0 saturated carbocycles. The molecule has 3 heterocycles. The Morgan fingerprint density at radius 2 is 1.47 bits per heavy atom. The van der Waals surface area contributed by atoms with Crippen molar-refractivity contribution in [2.75, 3.05) is 57.9 Å². The summed E-state index contributed by atoms with van der Waals surface area (Å²) in [4.78, 5) is 14.2. The van der Waals surface area contributed by atoms with Crippen LogP contribution < -0.4 is 5.32 Å². The summed E-state index contributed by atoms with van der Waals surface area (Å²) in [7, 11) is 0. The Kier molecular flexibility index (Phi) is 6.59. The molecule has 0 aliphatic carbocycles. The average Bonchev–Trinajstić information content (AvgIpc) is 2.80. The quantitative estimate of drug-likeness (QED) is 0.640. The largest absolute Gasteiger partial charge is 0.379 e. The SMILES string of the molecule is Cc1ccc2nc(Nc3cc(CN4CCOCC4)cc(CN4CCOCC4)c3)ncc2c1. The Bertz CT molecular complexity index is 1020. The molecule has 1 N–H and O–H groups in total. The van der Waals surface area contributed by atoms with Crippen molar-refractivity contribution in [3.8, 4) is 0 Å². The van der Waals surface area contributed by atoms with Gasteiger partial charge in [0.1, 0.15) is 0 Å². The van der Waals surface area contributed by atoms with Gasteiger partial charge in [-0.15, -0.1) is 0 Å². The second-order valence-electron chi connectivity index (χ2n) is 8.70. The molecular weight excluding hydrogens is 402 g/mol. The maximum absolute atomic E-state index is 5.52. The van der Waals surface area contributed by atoms with Crippen LogP contribution in [-0.2, 0) is 22.6 Å². The van der Waals surface area contributed by atoms with E-state index in [1.54, 1.807) is 0 Å². The number of benzene rings is 2. The van der Waals surface area contributed by atoms with Gasteiger partial charge < -0.3 is 14.8 Å². The van der Waals surface area contributed by atoms with Gasteiger partial charge in [0.2, 0.25) is 5.95 Å². The Labute approximate surface area is 189 Å². The summed E-state index contributed by atoms with van der Waals surface area (Å²) in [6.45, 7) is 11.1. The van der Waals surface area contributed by atoms with Gasteiger partial charge in [0.15, 0.2) is 0 Å². The second-order valence-corrected chi connectivity index (χ2v) is 8.70. The van der Waals surface area contributed by atoms with E-state index < -0.39 is 0 Å². The Morgan fingerprint density at radius 1 is 0.844 bits per heavy atom. The van der Waals surface area contributed by atoms with Gasteiger partial charge in [0.25, 0.3) is 0 Å². The number of nitrogens with zero attached hydrogens (tertiary/aromatic N) is 4. The molecule has 2 aromatic carbocycles. The van der Waals surface area contributed by atoms with Crippen LogP contribution in [0.15, 0.2) is 42.6 Å². The zero-order valence-corrected chi connectivity index (χ0v) is 18.7. The number of fused-ring (bicyclic) bond motifs is 1. The van der Waals surface area contributed by atoms with Crippen LogP contribution in [-0.4, -0.2) is 72.4 Å². The highest BCUT2D eigenvalue weighted by Crippen LogP contribution is 2.23. The Hall–Kier alpha value is -2.58. The molecule has 5 rings (SSSR count). The molecule has 0 atom stereocenters. The van der Waals surface area contributed by atoms with E-state index in [4.69, 9.17) is 14.5 Å². The van der Waals surface area contributed by atoms with Crippen LogP contribution in [0.5, 0.6) is 0 Å². The van der Waals surface area contributed by atoms with E-state index in [2.05, 4.69) is 63.4 Å². The van der Waals surface area contributed by atoms with Crippen molar-refractivity contribution in [1.29, 1.82) is 0 Å². The first kappa shape index (κ1) is 21.3. The molecular formula is C25H31N5O2. The maximum Gasteiger partial charge on any atom is 0.227 e. The van der Waals surface area contributed by atoms with Crippen molar-refractivity contribution in [1.82, 2.24) is 19.8 Å². The lowest BCUT2D eigenvalue weighted by Crippen LogP contribution is -2.36. The first-order valence-corrected chi connectivity index (χ1v) is 11.4. The third-order valence-corrected chi connectivity index (χ3v) is 6.06. The molecule has 0 amide bonds. The van der Waals surface area contributed by atoms with E-state index in [-0.39, 0.29) is 0 Å². The minimum absolute atomic E-state index is 0.627. The van der Waals surface area contributed by atoms with E-state index in [9.17, 15) is 0 Å². The first-order chi connectivity index (χ1) is 15.7. The van der Waals surface area contributed by atoms with Crippen LogP contribution in [0.3, 0.4) is 0 Å². The highest BCUT2D eigenvalue weighted by Gasteiger charge is 2.15. The van der Waals surface area contributed by atoms with Crippen molar-refractivity contribution >= 4 is 22.5 Å². The molecule has 3 aromatic rings. The number of aryl methyl sites for hydroxylation is 1. The van der Waals surface area contributed by atoms with E-state index >= 15 is 0 Å². The van der Waals surface area contributed by atoms with Gasteiger partial charge in [-0.2, -0.15) is 0 Å². The lowest BCUT2D eigenvalue weighted by atomic mass is 10.1.